The summed E-state index contributed by atoms with van der Waals surface area (Å²) in [5.74, 6) is 1.67. The van der Waals surface area contributed by atoms with Gasteiger partial charge in [0.15, 0.2) is 0 Å². The van der Waals surface area contributed by atoms with Crippen LogP contribution in [0.4, 0.5) is 11.4 Å². The molecule has 4 aromatic rings. The Balaban J connectivity index is 1.42. The summed E-state index contributed by atoms with van der Waals surface area (Å²) in [5, 5.41) is 0. The van der Waals surface area contributed by atoms with E-state index in [0.717, 1.165) is 17.3 Å². The Hall–Kier alpha value is -3.52. The van der Waals surface area contributed by atoms with Crippen molar-refractivity contribution < 1.29 is 0 Å². The largest absolute Gasteiger partial charge is 0.399 e. The molecule has 50 heavy (non-hydrogen) atoms. The molecule has 4 aromatic carbocycles. The van der Waals surface area contributed by atoms with E-state index in [1.807, 2.05) is 0 Å². The minimum atomic E-state index is 0.0644. The van der Waals surface area contributed by atoms with Gasteiger partial charge in [-0.3, -0.25) is 0 Å². The van der Waals surface area contributed by atoms with E-state index < -0.39 is 0 Å². The first-order valence-electron chi connectivity index (χ1n) is 20.4. The molecule has 2 atom stereocenters. The summed E-state index contributed by atoms with van der Waals surface area (Å²) < 4.78 is 0. The monoisotopic (exact) mass is 671 g/mol. The van der Waals surface area contributed by atoms with Crippen LogP contribution in [-0.2, 0) is 5.41 Å². The lowest BCUT2D eigenvalue weighted by molar-refractivity contribution is 0.250. The molecule has 1 aliphatic carbocycles. The normalized spacial score (nSPS) is 18.9. The smallest absolute Gasteiger partial charge is 0.0314 e. The van der Waals surface area contributed by atoms with Crippen molar-refractivity contribution in [1.29, 1.82) is 0 Å². The third kappa shape index (κ3) is 9.83. The Bertz CT molecular complexity index is 1410. The Morgan fingerprint density at radius 3 is 1.24 bits per heavy atom. The molecule has 0 spiro atoms. The summed E-state index contributed by atoms with van der Waals surface area (Å²) in [6.45, 7) is 6.90. The summed E-state index contributed by atoms with van der Waals surface area (Å²) >= 11 is 0. The van der Waals surface area contributed by atoms with Crippen molar-refractivity contribution in [2.24, 2.45) is 5.92 Å². The highest BCUT2D eigenvalue weighted by atomic mass is 14.5. The molecule has 0 aromatic heterocycles. The van der Waals surface area contributed by atoms with Crippen molar-refractivity contribution >= 4 is 11.4 Å². The zero-order valence-corrected chi connectivity index (χ0v) is 31.6. The second kappa shape index (κ2) is 19.2. The number of rotatable bonds is 19. The molecule has 0 bridgehead atoms. The van der Waals surface area contributed by atoms with Crippen molar-refractivity contribution in [3.8, 4) is 0 Å². The first-order valence-corrected chi connectivity index (χ1v) is 20.4. The number of nitrogens with two attached hydrogens (primary N) is 2. The molecule has 0 amide bonds. The van der Waals surface area contributed by atoms with Gasteiger partial charge in [0.2, 0.25) is 0 Å². The summed E-state index contributed by atoms with van der Waals surface area (Å²) in [4.78, 5) is 0. The summed E-state index contributed by atoms with van der Waals surface area (Å²) in [6, 6.07) is 36.9. The molecule has 0 heterocycles. The van der Waals surface area contributed by atoms with Crippen molar-refractivity contribution in [1.82, 2.24) is 0 Å². The molecule has 5 rings (SSSR count). The molecule has 0 saturated heterocycles. The van der Waals surface area contributed by atoms with Crippen molar-refractivity contribution in [3.63, 3.8) is 0 Å². The quantitative estimate of drug-likeness (QED) is 0.0770. The molecule has 2 unspecified atom stereocenters. The van der Waals surface area contributed by atoms with E-state index in [0.29, 0.717) is 11.8 Å². The molecule has 1 aliphatic rings. The molecular weight excluding hydrogens is 605 g/mol. The van der Waals surface area contributed by atoms with Crippen LogP contribution in [0.5, 0.6) is 0 Å². The maximum atomic E-state index is 6.08. The van der Waals surface area contributed by atoms with Gasteiger partial charge in [0, 0.05) is 28.6 Å². The van der Waals surface area contributed by atoms with Crippen LogP contribution in [-0.4, -0.2) is 0 Å². The molecule has 4 N–H and O–H groups in total. The van der Waals surface area contributed by atoms with Gasteiger partial charge in [-0.1, -0.05) is 164 Å². The summed E-state index contributed by atoms with van der Waals surface area (Å²) in [5.41, 5.74) is 22.5. The van der Waals surface area contributed by atoms with Gasteiger partial charge in [-0.25, -0.2) is 0 Å². The maximum Gasteiger partial charge on any atom is 0.0314 e. The van der Waals surface area contributed by atoms with Crippen LogP contribution >= 0.6 is 0 Å². The average molecular weight is 671 g/mol. The van der Waals surface area contributed by atoms with Crippen LogP contribution in [0.2, 0.25) is 0 Å². The van der Waals surface area contributed by atoms with Crippen LogP contribution in [0, 0.1) is 5.92 Å². The molecule has 1 saturated carbocycles. The minimum Gasteiger partial charge on any atom is -0.399 e. The Morgan fingerprint density at radius 1 is 0.480 bits per heavy atom. The van der Waals surface area contributed by atoms with Crippen LogP contribution < -0.4 is 11.5 Å². The highest BCUT2D eigenvalue weighted by Crippen LogP contribution is 2.48. The zero-order valence-electron chi connectivity index (χ0n) is 31.6. The number of nitrogen functional groups attached to an aromatic ring is 2. The van der Waals surface area contributed by atoms with E-state index >= 15 is 0 Å². The lowest BCUT2D eigenvalue weighted by atomic mass is 9.62. The molecular formula is C48H66N2. The molecule has 1 fully saturated rings. The number of unbranched alkanes of at least 4 members (excludes halogenated alkanes) is 7. The summed E-state index contributed by atoms with van der Waals surface area (Å²) in [6.07, 6.45) is 22.1. The van der Waals surface area contributed by atoms with Crippen LogP contribution in [0.3, 0.4) is 0 Å². The SMILES string of the molecule is CCCCCCCCC1CCC(c2ccc(C(CCCC)c3ccc(N)cc3)cc2)(c2ccc(C(CCCC)c3ccc(N)cc3)cc2)CC1. The fourth-order valence-corrected chi connectivity index (χ4v) is 8.81. The van der Waals surface area contributed by atoms with E-state index in [-0.39, 0.29) is 5.41 Å². The van der Waals surface area contributed by atoms with Crippen LogP contribution in [0.1, 0.15) is 175 Å². The van der Waals surface area contributed by atoms with E-state index in [1.54, 1.807) is 0 Å². The lowest BCUT2D eigenvalue weighted by Crippen LogP contribution is -2.33. The van der Waals surface area contributed by atoms with Gasteiger partial charge in [-0.2, -0.15) is 0 Å². The standard InChI is InChI=1S/C48H66N2/c1-4-7-10-11-12-13-14-37-33-35-48(36-34-37,42-25-17-38(18-26-42)46(15-8-5-2)40-21-29-44(49)30-22-40)43-27-19-39(20-28-43)47(16-9-6-3)41-23-31-45(50)32-24-41/h17-32,37,46-47H,4-16,33-36,49-50H2,1-3H3. The summed E-state index contributed by atoms with van der Waals surface area (Å²) in [7, 11) is 0. The highest BCUT2D eigenvalue weighted by molar-refractivity contribution is 5.47. The first kappa shape index (κ1) is 37.7. The first-order chi connectivity index (χ1) is 24.5. The molecule has 2 heteroatoms. The van der Waals surface area contributed by atoms with Crippen molar-refractivity contribution in [2.75, 3.05) is 11.5 Å². The molecule has 268 valence electrons. The minimum absolute atomic E-state index is 0.0644. The Kier molecular flexibility index (Phi) is 14.5. The molecule has 0 radical (unpaired) electrons. The number of hydrogen-bond donors (Lipinski definition) is 2. The van der Waals surface area contributed by atoms with Gasteiger partial charge in [0.25, 0.3) is 0 Å². The van der Waals surface area contributed by atoms with Gasteiger partial charge in [0.05, 0.1) is 0 Å². The van der Waals surface area contributed by atoms with Gasteiger partial charge in [-0.15, -0.1) is 0 Å². The van der Waals surface area contributed by atoms with Gasteiger partial charge in [0.1, 0.15) is 0 Å². The Labute approximate surface area is 305 Å². The van der Waals surface area contributed by atoms with E-state index in [1.165, 1.54) is 143 Å². The van der Waals surface area contributed by atoms with Crippen molar-refractivity contribution in [3.05, 3.63) is 130 Å². The average Bonchev–Trinajstić information content (AvgIpc) is 3.15. The van der Waals surface area contributed by atoms with Gasteiger partial charge in [-0.05, 0) is 102 Å². The van der Waals surface area contributed by atoms with Crippen LogP contribution in [0.15, 0.2) is 97.1 Å². The predicted molar refractivity (Wildman–Crippen MR) is 218 cm³/mol. The maximum absolute atomic E-state index is 6.08. The molecule has 2 nitrogen and oxygen atoms in total. The van der Waals surface area contributed by atoms with E-state index in [4.69, 9.17) is 11.5 Å². The predicted octanol–water partition coefficient (Wildman–Crippen LogP) is 13.7. The highest BCUT2D eigenvalue weighted by Gasteiger charge is 2.38. The van der Waals surface area contributed by atoms with Gasteiger partial charge < -0.3 is 11.5 Å². The third-order valence-electron chi connectivity index (χ3n) is 12.0. The van der Waals surface area contributed by atoms with Crippen LogP contribution in [0.25, 0.3) is 0 Å². The van der Waals surface area contributed by atoms with Gasteiger partial charge >= 0.3 is 0 Å². The van der Waals surface area contributed by atoms with Crippen molar-refractivity contribution in [2.45, 2.75) is 147 Å². The number of benzene rings is 4. The second-order valence-electron chi connectivity index (χ2n) is 15.5. The van der Waals surface area contributed by atoms with E-state index in [2.05, 4.69) is 118 Å². The second-order valence-corrected chi connectivity index (χ2v) is 15.5. The number of anilines is 2. The fraction of sp³-hybridized carbons (Fsp3) is 0.500. The third-order valence-corrected chi connectivity index (χ3v) is 12.0. The zero-order chi connectivity index (χ0) is 35.2. The Morgan fingerprint density at radius 2 is 0.840 bits per heavy atom. The molecule has 0 aliphatic heterocycles. The fourth-order valence-electron chi connectivity index (χ4n) is 8.81. The number of hydrogen-bond acceptors (Lipinski definition) is 2. The lowest BCUT2D eigenvalue weighted by Gasteiger charge is -2.42. The van der Waals surface area contributed by atoms with E-state index in [9.17, 15) is 0 Å². The topological polar surface area (TPSA) is 52.0 Å².